The summed E-state index contributed by atoms with van der Waals surface area (Å²) in [5.74, 6) is 5.40. The third-order valence-corrected chi connectivity index (χ3v) is 24.2. The zero-order valence-electron chi connectivity index (χ0n) is 64.3. The van der Waals surface area contributed by atoms with Crippen LogP contribution in [0, 0.1) is 0 Å². The van der Waals surface area contributed by atoms with E-state index < -0.39 is 0 Å². The second-order valence-electron chi connectivity index (χ2n) is 32.8. The molecule has 12 aromatic rings. The lowest BCUT2D eigenvalue weighted by Crippen LogP contribution is -2.04. The minimum Gasteiger partial charge on any atom is -0.0587 e. The molecule has 4 heteroatoms. The van der Waals surface area contributed by atoms with E-state index in [1.165, 1.54) is 176 Å². The fourth-order valence-electron chi connectivity index (χ4n) is 15.7. The van der Waals surface area contributed by atoms with Gasteiger partial charge in [-0.3, -0.25) is 0 Å². The molecule has 0 amide bonds. The van der Waals surface area contributed by atoms with E-state index in [9.17, 15) is 0 Å². The topological polar surface area (TPSA) is 0 Å². The molecule has 0 spiro atoms. The van der Waals surface area contributed by atoms with Gasteiger partial charge < -0.3 is 0 Å². The smallest absolute Gasteiger partial charge is 0.0260 e. The zero-order valence-corrected chi connectivity index (χ0v) is 70.6. The van der Waals surface area contributed by atoms with Crippen LogP contribution in [0.2, 0.25) is 0 Å². The van der Waals surface area contributed by atoms with Gasteiger partial charge in [-0.05, 0) is 295 Å². The summed E-state index contributed by atoms with van der Waals surface area (Å²) in [7, 11) is 0. The molecule has 12 rings (SSSR count). The van der Waals surface area contributed by atoms with Gasteiger partial charge in [0.1, 0.15) is 0 Å². The Bertz CT molecular complexity index is 4850. The molecule has 100 heavy (non-hydrogen) atoms. The second-order valence-corrected chi connectivity index (χ2v) is 36.2. The molecule has 0 bridgehead atoms. The number of fused-ring (bicyclic) bond motifs is 10. The van der Waals surface area contributed by atoms with Gasteiger partial charge in [0.05, 0.1) is 0 Å². The normalized spacial score (nSPS) is 12.5. The molecule has 0 radical (unpaired) electrons. The minimum absolute atomic E-state index is 0.425. The number of halogens is 4. The van der Waals surface area contributed by atoms with Crippen LogP contribution in [-0.2, 0) is 0 Å². The van der Waals surface area contributed by atoms with Crippen molar-refractivity contribution in [1.29, 1.82) is 0 Å². The number of rotatable bonds is 16. The highest BCUT2D eigenvalue weighted by molar-refractivity contribution is 9.11. The lowest BCUT2D eigenvalue weighted by Gasteiger charge is -2.24. The third-order valence-electron chi connectivity index (χ3n) is 21.6. The summed E-state index contributed by atoms with van der Waals surface area (Å²) in [5, 5.41) is 15.2. The monoisotopic (exact) mass is 1580 g/mol. The van der Waals surface area contributed by atoms with Crippen molar-refractivity contribution >= 4 is 128 Å². The first-order valence-corrected chi connectivity index (χ1v) is 40.6. The molecule has 0 heterocycles. The molecule has 0 N–H and O–H groups in total. The van der Waals surface area contributed by atoms with E-state index >= 15 is 0 Å². The molecule has 0 unspecified atom stereocenters. The molecule has 12 aromatic carbocycles. The molecule has 0 atom stereocenters. The highest BCUT2D eigenvalue weighted by Crippen LogP contribution is 2.50. The summed E-state index contributed by atoms with van der Waals surface area (Å²) in [5.41, 5.74) is 28.1. The molecule has 0 aliphatic carbocycles. The van der Waals surface area contributed by atoms with E-state index in [4.69, 9.17) is 0 Å². The quantitative estimate of drug-likeness (QED) is 0.0846. The van der Waals surface area contributed by atoms with E-state index in [1.54, 1.807) is 0 Å². The standard InChI is InChI=1S/2C48H54Br2/c1-25(2)33-19-37(27(5)6)47(38(20-33)28(7)8)31-14-16-36-41(17-31)43-24-46(50)44-18-32(13-15-35(44)42(43)23-45(36)49)48-39(29(9)10)21-34(26(3)4)22-40(48)30(11)12;1-25(2)33-19-37(27(5)6)47(38(20-33)28(7)8)31-13-15-35-41(17-31)43-23-46(50)36-16-14-32(18-42(36)44(43)24-45(35)49)48-39(29(9)10)21-34(26(3)4)22-40(48)30(11)12/h2*13-30H,1-12H3. The highest BCUT2D eigenvalue weighted by Gasteiger charge is 2.26. The van der Waals surface area contributed by atoms with Crippen LogP contribution < -0.4 is 0 Å². The van der Waals surface area contributed by atoms with Gasteiger partial charge >= 0.3 is 0 Å². The van der Waals surface area contributed by atoms with Gasteiger partial charge in [-0.1, -0.05) is 327 Å². The maximum absolute atomic E-state index is 4.09. The third kappa shape index (κ3) is 14.4. The van der Waals surface area contributed by atoms with Gasteiger partial charge in [-0.15, -0.1) is 0 Å². The van der Waals surface area contributed by atoms with E-state index in [-0.39, 0.29) is 0 Å². The van der Waals surface area contributed by atoms with Gasteiger partial charge in [-0.25, -0.2) is 0 Å². The Balaban J connectivity index is 0.000000202. The first-order valence-electron chi connectivity index (χ1n) is 37.5. The van der Waals surface area contributed by atoms with Crippen LogP contribution in [0.15, 0.2) is 163 Å². The van der Waals surface area contributed by atoms with Crippen LogP contribution in [0.1, 0.15) is 304 Å². The van der Waals surface area contributed by atoms with Crippen molar-refractivity contribution in [2.24, 2.45) is 0 Å². The first kappa shape index (κ1) is 75.3. The van der Waals surface area contributed by atoms with Crippen LogP contribution in [-0.4, -0.2) is 0 Å². The van der Waals surface area contributed by atoms with Crippen molar-refractivity contribution in [3.05, 3.63) is 230 Å². The Morgan fingerprint density at radius 3 is 0.510 bits per heavy atom. The molecular weight excluding hydrogens is 1470 g/mol. The maximum Gasteiger partial charge on any atom is 0.0260 e. The molecule has 0 saturated heterocycles. The summed E-state index contributed by atoms with van der Waals surface area (Å²) in [6.45, 7) is 55.9. The van der Waals surface area contributed by atoms with Crippen molar-refractivity contribution < 1.29 is 0 Å². The van der Waals surface area contributed by atoms with Gasteiger partial charge in [0.25, 0.3) is 0 Å². The highest BCUT2D eigenvalue weighted by atomic mass is 79.9. The fourth-order valence-corrected chi connectivity index (χ4v) is 18.0. The van der Waals surface area contributed by atoms with Crippen LogP contribution in [0.5, 0.6) is 0 Å². The second kappa shape index (κ2) is 30.1. The lowest BCUT2D eigenvalue weighted by atomic mass is 9.81. The van der Waals surface area contributed by atoms with Gasteiger partial charge in [-0.2, -0.15) is 0 Å². The summed E-state index contributed by atoms with van der Waals surface area (Å²) < 4.78 is 4.54. The average Bonchev–Trinajstić information content (AvgIpc) is 0.736. The molecule has 0 saturated carbocycles. The van der Waals surface area contributed by atoms with Crippen molar-refractivity contribution in [3.8, 4) is 44.5 Å². The van der Waals surface area contributed by atoms with E-state index in [0.717, 1.165) is 17.9 Å². The maximum atomic E-state index is 4.09. The van der Waals surface area contributed by atoms with E-state index in [1.807, 2.05) is 0 Å². The van der Waals surface area contributed by atoms with Gasteiger partial charge in [0.2, 0.25) is 0 Å². The lowest BCUT2D eigenvalue weighted by molar-refractivity contribution is 0.807. The zero-order chi connectivity index (χ0) is 72.7. The Kier molecular flexibility index (Phi) is 22.6. The molecule has 0 nitrogen and oxygen atoms in total. The average molecular weight is 1580 g/mol. The predicted octanol–water partition coefficient (Wildman–Crippen LogP) is 33.5. The van der Waals surface area contributed by atoms with Crippen LogP contribution in [0.3, 0.4) is 0 Å². The molecule has 0 aliphatic heterocycles. The molecule has 0 aliphatic rings. The Morgan fingerprint density at radius 2 is 0.320 bits per heavy atom. The number of benzene rings is 12. The van der Waals surface area contributed by atoms with E-state index in [0.29, 0.717) is 71.0 Å². The van der Waals surface area contributed by atoms with Crippen LogP contribution in [0.4, 0.5) is 0 Å². The van der Waals surface area contributed by atoms with E-state index in [2.05, 4.69) is 375 Å². The summed E-state index contributed by atoms with van der Waals surface area (Å²) in [4.78, 5) is 0. The van der Waals surface area contributed by atoms with Gasteiger partial charge in [0.15, 0.2) is 0 Å². The van der Waals surface area contributed by atoms with Crippen LogP contribution in [0.25, 0.3) is 109 Å². The van der Waals surface area contributed by atoms with Crippen molar-refractivity contribution in [1.82, 2.24) is 0 Å². The Morgan fingerprint density at radius 1 is 0.160 bits per heavy atom. The Hall–Kier alpha value is -5.88. The van der Waals surface area contributed by atoms with Crippen molar-refractivity contribution in [3.63, 3.8) is 0 Å². The van der Waals surface area contributed by atoms with Gasteiger partial charge in [0, 0.05) is 17.9 Å². The Labute approximate surface area is 634 Å². The predicted molar refractivity (Wildman–Crippen MR) is 460 cm³/mol. The number of hydrogen-bond acceptors (Lipinski definition) is 0. The fraction of sp³-hybridized carbons (Fsp3) is 0.375. The van der Waals surface area contributed by atoms with Crippen molar-refractivity contribution in [2.45, 2.75) is 237 Å². The largest absolute Gasteiger partial charge is 0.0587 e. The molecule has 520 valence electrons. The van der Waals surface area contributed by atoms with Crippen molar-refractivity contribution in [2.75, 3.05) is 0 Å². The number of hydrogen-bond donors (Lipinski definition) is 0. The summed E-state index contributed by atoms with van der Waals surface area (Å²) in [6.07, 6.45) is 0. The summed E-state index contributed by atoms with van der Waals surface area (Å²) >= 11 is 16.2. The first-order chi connectivity index (χ1) is 47.2. The molecule has 0 fully saturated rings. The molecule has 0 aromatic heterocycles. The minimum atomic E-state index is 0.425. The van der Waals surface area contributed by atoms with Crippen LogP contribution >= 0.6 is 63.7 Å². The molecular formula is C96H108Br4. The summed E-state index contributed by atoms with van der Waals surface area (Å²) in [6, 6.07) is 57.7. The SMILES string of the molecule is CC(C)c1cc(C(C)C)c(-c2ccc3c(Br)cc4c5cc(-c6c(C(C)C)cc(C(C)C)cc6C(C)C)ccc5c(Br)cc4c3c2)c(C(C)C)c1.CC(C)c1cc(C(C)C)c(-c2ccc3c(c2)c(Br)cc2c4cc(-c5c(C(C)C)cc(C(C)C)cc5C(C)C)ccc4c(Br)cc32)c(C(C)C)c1.